The minimum Gasteiger partial charge on any atom is -0.383 e. The van der Waals surface area contributed by atoms with E-state index in [9.17, 15) is 4.79 Å². The topological polar surface area (TPSA) is 68.9 Å². The van der Waals surface area contributed by atoms with Gasteiger partial charge in [-0.3, -0.25) is 4.79 Å². The molecule has 0 aromatic carbocycles. The van der Waals surface area contributed by atoms with Crippen molar-refractivity contribution in [3.05, 3.63) is 18.1 Å². The van der Waals surface area contributed by atoms with E-state index in [-0.39, 0.29) is 18.2 Å². The monoisotopic (exact) mass is 159 g/mol. The molecule has 0 aliphatic heterocycles. The van der Waals surface area contributed by atoms with E-state index in [0.717, 1.165) is 0 Å². The molecular formula is C5H6ClN3O. The Kier molecular flexibility index (Phi) is 3.35. The number of nitrogen functional groups attached to an aromatic ring is 1. The first-order valence-corrected chi connectivity index (χ1v) is 2.35. The largest absolute Gasteiger partial charge is 0.383 e. The summed E-state index contributed by atoms with van der Waals surface area (Å²) in [7, 11) is 0. The molecule has 0 aliphatic carbocycles. The smallest absolute Gasteiger partial charge is 0.155 e. The Morgan fingerprint density at radius 3 is 2.70 bits per heavy atom. The standard InChI is InChI=1S/C5H5N3O.ClH/c6-5-4(2-9)1-7-3-8-5;/h1-3H,(H2,6,7,8);1H. The van der Waals surface area contributed by atoms with Gasteiger partial charge >= 0.3 is 0 Å². The highest BCUT2D eigenvalue weighted by atomic mass is 35.5. The van der Waals surface area contributed by atoms with Crippen LogP contribution in [0, 0.1) is 0 Å². The van der Waals surface area contributed by atoms with Crippen LogP contribution in [0.25, 0.3) is 0 Å². The van der Waals surface area contributed by atoms with E-state index in [0.29, 0.717) is 11.8 Å². The third kappa shape index (κ3) is 1.66. The zero-order valence-electron chi connectivity index (χ0n) is 5.02. The fourth-order valence-corrected chi connectivity index (χ4v) is 0.441. The maximum atomic E-state index is 10.1. The lowest BCUT2D eigenvalue weighted by atomic mass is 10.3. The Morgan fingerprint density at radius 2 is 2.30 bits per heavy atom. The van der Waals surface area contributed by atoms with E-state index in [1.807, 2.05) is 0 Å². The molecule has 0 radical (unpaired) electrons. The highest BCUT2D eigenvalue weighted by molar-refractivity contribution is 5.85. The summed E-state index contributed by atoms with van der Waals surface area (Å²) in [6.07, 6.45) is 3.28. The molecule has 10 heavy (non-hydrogen) atoms. The Morgan fingerprint density at radius 1 is 1.60 bits per heavy atom. The average molecular weight is 160 g/mol. The normalized spacial score (nSPS) is 8.00. The fourth-order valence-electron chi connectivity index (χ4n) is 0.441. The number of hydrogen-bond acceptors (Lipinski definition) is 4. The molecule has 1 rings (SSSR count). The fraction of sp³-hybridized carbons (Fsp3) is 0. The van der Waals surface area contributed by atoms with Crippen LogP contribution < -0.4 is 5.73 Å². The molecule has 5 heteroatoms. The van der Waals surface area contributed by atoms with Crippen LogP contribution in [0.5, 0.6) is 0 Å². The minimum atomic E-state index is 0. The summed E-state index contributed by atoms with van der Waals surface area (Å²) in [4.78, 5) is 17.2. The van der Waals surface area contributed by atoms with Crippen LogP contribution in [0.3, 0.4) is 0 Å². The quantitative estimate of drug-likeness (QED) is 0.599. The van der Waals surface area contributed by atoms with Gasteiger partial charge in [0.15, 0.2) is 6.29 Å². The zero-order chi connectivity index (χ0) is 6.69. The van der Waals surface area contributed by atoms with Gasteiger partial charge in [-0.05, 0) is 0 Å². The van der Waals surface area contributed by atoms with Crippen LogP contribution in [0.1, 0.15) is 10.4 Å². The summed E-state index contributed by atoms with van der Waals surface area (Å²) in [6, 6.07) is 0. The lowest BCUT2D eigenvalue weighted by Crippen LogP contribution is -1.96. The van der Waals surface area contributed by atoms with E-state index in [2.05, 4.69) is 9.97 Å². The Balaban J connectivity index is 0.000000810. The van der Waals surface area contributed by atoms with Gasteiger partial charge in [-0.15, -0.1) is 12.4 Å². The van der Waals surface area contributed by atoms with Gasteiger partial charge in [0.05, 0.1) is 5.56 Å². The molecule has 4 nitrogen and oxygen atoms in total. The summed E-state index contributed by atoms with van der Waals surface area (Å²) in [6.45, 7) is 0. The maximum absolute atomic E-state index is 10.1. The number of nitrogens with zero attached hydrogens (tertiary/aromatic N) is 2. The molecule has 0 amide bonds. The van der Waals surface area contributed by atoms with Crippen LogP contribution in [0.15, 0.2) is 12.5 Å². The van der Waals surface area contributed by atoms with Crippen molar-refractivity contribution < 1.29 is 4.79 Å². The number of hydrogen-bond donors (Lipinski definition) is 1. The van der Waals surface area contributed by atoms with Gasteiger partial charge in [0.1, 0.15) is 12.1 Å². The first-order valence-electron chi connectivity index (χ1n) is 2.35. The molecule has 0 spiro atoms. The summed E-state index contributed by atoms with van der Waals surface area (Å²) in [5, 5.41) is 0. The van der Waals surface area contributed by atoms with Crippen LogP contribution in [-0.4, -0.2) is 16.3 Å². The molecule has 0 saturated carbocycles. The number of rotatable bonds is 1. The van der Waals surface area contributed by atoms with E-state index < -0.39 is 0 Å². The predicted molar refractivity (Wildman–Crippen MR) is 39.1 cm³/mol. The molecule has 0 atom stereocenters. The van der Waals surface area contributed by atoms with Gasteiger partial charge in [-0.25, -0.2) is 9.97 Å². The molecule has 0 fully saturated rings. The van der Waals surface area contributed by atoms with Crippen molar-refractivity contribution in [1.29, 1.82) is 0 Å². The SMILES string of the molecule is Cl.Nc1ncncc1C=O. The molecule has 0 bridgehead atoms. The second kappa shape index (κ2) is 3.79. The van der Waals surface area contributed by atoms with Crippen LogP contribution >= 0.6 is 12.4 Å². The summed E-state index contributed by atoms with van der Waals surface area (Å²) >= 11 is 0. The third-order valence-corrected chi connectivity index (χ3v) is 0.900. The van der Waals surface area contributed by atoms with Crippen LogP contribution in [0.4, 0.5) is 5.82 Å². The van der Waals surface area contributed by atoms with Gasteiger partial charge in [0.25, 0.3) is 0 Å². The van der Waals surface area contributed by atoms with Crippen molar-refractivity contribution in [2.24, 2.45) is 0 Å². The van der Waals surface area contributed by atoms with E-state index in [1.165, 1.54) is 12.5 Å². The molecule has 1 aromatic heterocycles. The molecule has 0 aliphatic rings. The third-order valence-electron chi connectivity index (χ3n) is 0.900. The number of carbonyl (C=O) groups is 1. The zero-order valence-corrected chi connectivity index (χ0v) is 5.84. The predicted octanol–water partition coefficient (Wildman–Crippen LogP) is 0.293. The second-order valence-corrected chi connectivity index (χ2v) is 1.48. The number of carbonyl (C=O) groups excluding carboxylic acids is 1. The molecule has 0 unspecified atom stereocenters. The molecule has 0 saturated heterocycles. The Bertz CT molecular complexity index is 228. The Hall–Kier alpha value is -1.16. The van der Waals surface area contributed by atoms with Gasteiger partial charge in [0.2, 0.25) is 0 Å². The van der Waals surface area contributed by atoms with Gasteiger partial charge in [-0.2, -0.15) is 0 Å². The first kappa shape index (κ1) is 8.84. The lowest BCUT2D eigenvalue weighted by Gasteiger charge is -1.90. The van der Waals surface area contributed by atoms with Crippen molar-refractivity contribution in [2.75, 3.05) is 5.73 Å². The van der Waals surface area contributed by atoms with Crippen LogP contribution in [0.2, 0.25) is 0 Å². The van der Waals surface area contributed by atoms with Crippen molar-refractivity contribution in [3.63, 3.8) is 0 Å². The summed E-state index contributed by atoms with van der Waals surface area (Å²) in [5.74, 6) is 0.222. The molecule has 54 valence electrons. The molecular weight excluding hydrogens is 154 g/mol. The van der Waals surface area contributed by atoms with Crippen molar-refractivity contribution in [1.82, 2.24) is 9.97 Å². The molecule has 1 aromatic rings. The van der Waals surface area contributed by atoms with E-state index in [1.54, 1.807) is 0 Å². The average Bonchev–Trinajstić information content (AvgIpc) is 1.89. The first-order chi connectivity index (χ1) is 4.34. The van der Waals surface area contributed by atoms with Gasteiger partial charge in [0, 0.05) is 6.20 Å². The van der Waals surface area contributed by atoms with Crippen LogP contribution in [-0.2, 0) is 0 Å². The minimum absolute atomic E-state index is 0. The van der Waals surface area contributed by atoms with Gasteiger partial charge in [-0.1, -0.05) is 0 Å². The number of aromatic nitrogens is 2. The highest BCUT2D eigenvalue weighted by Crippen LogP contribution is 1.98. The van der Waals surface area contributed by atoms with E-state index >= 15 is 0 Å². The molecule has 2 N–H and O–H groups in total. The van der Waals surface area contributed by atoms with Crippen molar-refractivity contribution in [3.8, 4) is 0 Å². The lowest BCUT2D eigenvalue weighted by molar-refractivity contribution is 0.112. The highest BCUT2D eigenvalue weighted by Gasteiger charge is 1.93. The molecule has 1 heterocycles. The van der Waals surface area contributed by atoms with Crippen molar-refractivity contribution in [2.45, 2.75) is 0 Å². The maximum Gasteiger partial charge on any atom is 0.155 e. The number of nitrogens with two attached hydrogens (primary N) is 1. The van der Waals surface area contributed by atoms with E-state index in [4.69, 9.17) is 5.73 Å². The number of aldehydes is 1. The Labute approximate surface area is 63.9 Å². The second-order valence-electron chi connectivity index (χ2n) is 1.48. The number of halogens is 1. The van der Waals surface area contributed by atoms with Gasteiger partial charge < -0.3 is 5.73 Å². The van der Waals surface area contributed by atoms with Crippen molar-refractivity contribution >= 4 is 24.5 Å². The number of anilines is 1. The summed E-state index contributed by atoms with van der Waals surface area (Å²) in [5.41, 5.74) is 5.58. The summed E-state index contributed by atoms with van der Waals surface area (Å²) < 4.78 is 0.